The maximum atomic E-state index is 3.47. The van der Waals surface area contributed by atoms with Gasteiger partial charge in [0.05, 0.1) is 6.04 Å². The van der Waals surface area contributed by atoms with E-state index in [1.807, 2.05) is 11.3 Å². The zero-order chi connectivity index (χ0) is 7.52. The van der Waals surface area contributed by atoms with Crippen LogP contribution in [0.5, 0.6) is 0 Å². The minimum atomic E-state index is 0. The van der Waals surface area contributed by atoms with E-state index in [9.17, 15) is 0 Å². The molecule has 0 aromatic carbocycles. The normalized spacial score (nSPS) is 23.2. The lowest BCUT2D eigenvalue weighted by atomic mass is 10.2. The Morgan fingerprint density at radius 2 is 2.33 bits per heavy atom. The van der Waals surface area contributed by atoms with Gasteiger partial charge in [-0.1, -0.05) is 6.07 Å². The molecule has 0 amide bonds. The molecular weight excluding hydrogens is 192 g/mol. The summed E-state index contributed by atoms with van der Waals surface area (Å²) >= 11 is 1.83. The predicted molar refractivity (Wildman–Crippen MR) is 55.2 cm³/mol. The molecule has 1 aliphatic rings. The van der Waals surface area contributed by atoms with Crippen molar-refractivity contribution in [1.82, 2.24) is 10.6 Å². The van der Waals surface area contributed by atoms with Gasteiger partial charge < -0.3 is 10.6 Å². The molecule has 0 bridgehead atoms. The van der Waals surface area contributed by atoms with Crippen LogP contribution in [-0.4, -0.2) is 19.6 Å². The molecule has 1 atom stereocenters. The van der Waals surface area contributed by atoms with E-state index in [1.54, 1.807) is 0 Å². The third-order valence-corrected chi connectivity index (χ3v) is 2.91. The number of hydrogen-bond donors (Lipinski definition) is 2. The summed E-state index contributed by atoms with van der Waals surface area (Å²) in [5.74, 6) is 0. The van der Waals surface area contributed by atoms with Crippen molar-refractivity contribution in [2.24, 2.45) is 0 Å². The summed E-state index contributed by atoms with van der Waals surface area (Å²) in [5, 5.41) is 8.97. The SMILES string of the molecule is Cl.c1csc([C@@H]2CNCCN2)c1. The zero-order valence-corrected chi connectivity index (χ0v) is 8.38. The van der Waals surface area contributed by atoms with Gasteiger partial charge in [-0.3, -0.25) is 0 Å². The molecule has 2 nitrogen and oxygen atoms in total. The summed E-state index contributed by atoms with van der Waals surface area (Å²) in [6.07, 6.45) is 0. The number of halogens is 1. The lowest BCUT2D eigenvalue weighted by Crippen LogP contribution is -2.42. The van der Waals surface area contributed by atoms with E-state index in [-0.39, 0.29) is 12.4 Å². The van der Waals surface area contributed by atoms with Crippen LogP contribution in [0.4, 0.5) is 0 Å². The Bertz CT molecular complexity index is 207. The molecule has 4 heteroatoms. The maximum Gasteiger partial charge on any atom is 0.0541 e. The zero-order valence-electron chi connectivity index (χ0n) is 6.75. The Labute approximate surface area is 82.8 Å². The standard InChI is InChI=1S/C8H12N2S.ClH/c1-2-8(11-5-1)7-6-9-3-4-10-7;/h1-2,5,7,9-10H,3-4,6H2;1H/t7-;/m0./s1. The van der Waals surface area contributed by atoms with Gasteiger partial charge in [0.2, 0.25) is 0 Å². The molecule has 0 unspecified atom stereocenters. The molecule has 0 radical (unpaired) electrons. The van der Waals surface area contributed by atoms with Gasteiger partial charge >= 0.3 is 0 Å². The fourth-order valence-electron chi connectivity index (χ4n) is 1.34. The summed E-state index contributed by atoms with van der Waals surface area (Å²) < 4.78 is 0. The molecular formula is C8H13ClN2S. The van der Waals surface area contributed by atoms with E-state index in [0.29, 0.717) is 6.04 Å². The van der Waals surface area contributed by atoms with Crippen LogP contribution in [0.2, 0.25) is 0 Å². The summed E-state index contributed by atoms with van der Waals surface area (Å²) in [4.78, 5) is 1.44. The number of nitrogens with one attached hydrogen (secondary N) is 2. The van der Waals surface area contributed by atoms with Crippen molar-refractivity contribution in [3.63, 3.8) is 0 Å². The van der Waals surface area contributed by atoms with Crippen molar-refractivity contribution in [1.29, 1.82) is 0 Å². The van der Waals surface area contributed by atoms with Crippen LogP contribution in [-0.2, 0) is 0 Å². The highest BCUT2D eigenvalue weighted by Crippen LogP contribution is 2.18. The van der Waals surface area contributed by atoms with E-state index in [0.717, 1.165) is 19.6 Å². The molecule has 68 valence electrons. The molecule has 12 heavy (non-hydrogen) atoms. The maximum absolute atomic E-state index is 3.47. The molecule has 0 aliphatic carbocycles. The minimum absolute atomic E-state index is 0. The van der Waals surface area contributed by atoms with Gasteiger partial charge in [-0.25, -0.2) is 0 Å². The van der Waals surface area contributed by atoms with Crippen molar-refractivity contribution >= 4 is 23.7 Å². The minimum Gasteiger partial charge on any atom is -0.314 e. The van der Waals surface area contributed by atoms with Crippen LogP contribution in [0.3, 0.4) is 0 Å². The Hall–Kier alpha value is -0.0900. The number of rotatable bonds is 1. The fourth-order valence-corrected chi connectivity index (χ4v) is 2.15. The average Bonchev–Trinajstić information content (AvgIpc) is 2.58. The number of thiophene rings is 1. The lowest BCUT2D eigenvalue weighted by Gasteiger charge is -2.23. The van der Waals surface area contributed by atoms with E-state index >= 15 is 0 Å². The van der Waals surface area contributed by atoms with E-state index in [2.05, 4.69) is 28.1 Å². The summed E-state index contributed by atoms with van der Waals surface area (Å²) in [5.41, 5.74) is 0. The largest absolute Gasteiger partial charge is 0.314 e. The van der Waals surface area contributed by atoms with Gasteiger partial charge in [0.25, 0.3) is 0 Å². The molecule has 2 N–H and O–H groups in total. The third-order valence-electron chi connectivity index (χ3n) is 1.93. The first-order valence-electron chi connectivity index (χ1n) is 3.94. The average molecular weight is 205 g/mol. The summed E-state index contributed by atoms with van der Waals surface area (Å²) in [6.45, 7) is 3.25. The van der Waals surface area contributed by atoms with Gasteiger partial charge in [0.15, 0.2) is 0 Å². The van der Waals surface area contributed by atoms with Crippen LogP contribution in [0.1, 0.15) is 10.9 Å². The van der Waals surface area contributed by atoms with Crippen molar-refractivity contribution in [2.75, 3.05) is 19.6 Å². The molecule has 1 aromatic rings. The first-order valence-corrected chi connectivity index (χ1v) is 4.82. The number of hydrogen-bond acceptors (Lipinski definition) is 3. The highest BCUT2D eigenvalue weighted by molar-refractivity contribution is 7.10. The first kappa shape index (κ1) is 9.99. The fraction of sp³-hybridized carbons (Fsp3) is 0.500. The van der Waals surface area contributed by atoms with Crippen molar-refractivity contribution in [3.8, 4) is 0 Å². The van der Waals surface area contributed by atoms with Crippen molar-refractivity contribution in [3.05, 3.63) is 22.4 Å². The van der Waals surface area contributed by atoms with Gasteiger partial charge in [0.1, 0.15) is 0 Å². The van der Waals surface area contributed by atoms with Crippen LogP contribution in [0.15, 0.2) is 17.5 Å². The molecule has 1 aromatic heterocycles. The van der Waals surface area contributed by atoms with Crippen LogP contribution < -0.4 is 10.6 Å². The second-order valence-electron chi connectivity index (χ2n) is 2.73. The Kier molecular flexibility index (Phi) is 4.01. The Morgan fingerprint density at radius 3 is 2.92 bits per heavy atom. The van der Waals surface area contributed by atoms with Crippen molar-refractivity contribution in [2.45, 2.75) is 6.04 Å². The Morgan fingerprint density at radius 1 is 1.42 bits per heavy atom. The predicted octanol–water partition coefficient (Wildman–Crippen LogP) is 1.40. The van der Waals surface area contributed by atoms with Crippen molar-refractivity contribution < 1.29 is 0 Å². The Balaban J connectivity index is 0.000000720. The van der Waals surface area contributed by atoms with E-state index < -0.39 is 0 Å². The van der Waals surface area contributed by atoms with Gasteiger partial charge in [-0.2, -0.15) is 0 Å². The topological polar surface area (TPSA) is 24.1 Å². The molecule has 1 aliphatic heterocycles. The molecule has 1 saturated heterocycles. The van der Waals surface area contributed by atoms with Gasteiger partial charge in [-0.15, -0.1) is 23.7 Å². The third kappa shape index (κ3) is 2.20. The molecule has 0 saturated carbocycles. The first-order chi connectivity index (χ1) is 5.47. The second-order valence-corrected chi connectivity index (χ2v) is 3.71. The van der Waals surface area contributed by atoms with Gasteiger partial charge in [0, 0.05) is 24.5 Å². The lowest BCUT2D eigenvalue weighted by molar-refractivity contribution is 0.435. The van der Waals surface area contributed by atoms with E-state index in [4.69, 9.17) is 0 Å². The highest BCUT2D eigenvalue weighted by atomic mass is 35.5. The second kappa shape index (κ2) is 4.82. The highest BCUT2D eigenvalue weighted by Gasteiger charge is 2.13. The summed E-state index contributed by atoms with van der Waals surface area (Å²) in [6, 6.07) is 4.84. The summed E-state index contributed by atoms with van der Waals surface area (Å²) in [7, 11) is 0. The van der Waals surface area contributed by atoms with Crippen LogP contribution in [0.25, 0.3) is 0 Å². The quantitative estimate of drug-likeness (QED) is 0.723. The van der Waals surface area contributed by atoms with Gasteiger partial charge in [-0.05, 0) is 11.4 Å². The molecule has 2 heterocycles. The monoisotopic (exact) mass is 204 g/mol. The smallest absolute Gasteiger partial charge is 0.0541 e. The van der Waals surface area contributed by atoms with Crippen LogP contribution >= 0.6 is 23.7 Å². The molecule has 0 spiro atoms. The molecule has 2 rings (SSSR count). The molecule has 1 fully saturated rings. The number of piperazine rings is 1. The van der Waals surface area contributed by atoms with E-state index in [1.165, 1.54) is 4.88 Å². The van der Waals surface area contributed by atoms with Crippen LogP contribution in [0, 0.1) is 0 Å².